The van der Waals surface area contributed by atoms with Crippen LogP contribution in [0.3, 0.4) is 0 Å². The fourth-order valence-electron chi connectivity index (χ4n) is 3.87. The van der Waals surface area contributed by atoms with Crippen LogP contribution in [0.4, 0.5) is 0 Å². The van der Waals surface area contributed by atoms with E-state index in [1.165, 1.54) is 32.0 Å². The Morgan fingerprint density at radius 2 is 1.68 bits per heavy atom. The van der Waals surface area contributed by atoms with Crippen molar-refractivity contribution in [1.82, 2.24) is 0 Å². The lowest BCUT2D eigenvalue weighted by Crippen LogP contribution is -2.08. The molecule has 2 heteroatoms. The first-order valence-electron chi connectivity index (χ1n) is 11.5. The molecule has 0 spiro atoms. The molecule has 156 valence electrons. The molecule has 1 heterocycles. The van der Waals surface area contributed by atoms with Gasteiger partial charge in [0.05, 0.1) is 0 Å². The van der Waals surface area contributed by atoms with Gasteiger partial charge in [0.25, 0.3) is 0 Å². The summed E-state index contributed by atoms with van der Waals surface area (Å²) >= 11 is 1.81. The predicted octanol–water partition coefficient (Wildman–Crippen LogP) is 8.78. The Balaban J connectivity index is 1.75. The summed E-state index contributed by atoms with van der Waals surface area (Å²) < 4.78 is 19.6. The van der Waals surface area contributed by atoms with Crippen molar-refractivity contribution in [2.75, 3.05) is 0 Å². The first-order chi connectivity index (χ1) is 15.6. The molecule has 0 atom stereocenters. The van der Waals surface area contributed by atoms with Crippen LogP contribution in [0.1, 0.15) is 47.1 Å². The highest BCUT2D eigenvalue weighted by atomic mass is 32.1. The molecule has 4 rings (SSSR count). The minimum Gasteiger partial charge on any atom is -0.309 e. The van der Waals surface area contributed by atoms with Crippen LogP contribution >= 0.6 is 11.3 Å². The van der Waals surface area contributed by atoms with Crippen molar-refractivity contribution in [1.29, 1.82) is 5.41 Å². The van der Waals surface area contributed by atoms with Crippen LogP contribution in [0, 0.1) is 10.8 Å². The van der Waals surface area contributed by atoms with E-state index in [2.05, 4.69) is 55.5 Å². The van der Waals surface area contributed by atoms with E-state index in [4.69, 9.17) is 8.15 Å². The van der Waals surface area contributed by atoms with Gasteiger partial charge in [-0.15, -0.1) is 11.3 Å². The van der Waals surface area contributed by atoms with Gasteiger partial charge in [-0.3, -0.25) is 0 Å². The second-order valence-corrected chi connectivity index (χ2v) is 9.90. The van der Waals surface area contributed by atoms with Crippen LogP contribution in [-0.4, -0.2) is 6.21 Å². The molecule has 0 aliphatic heterocycles. The van der Waals surface area contributed by atoms with Crippen LogP contribution in [0.5, 0.6) is 0 Å². The molecule has 0 saturated heterocycles. The summed E-state index contributed by atoms with van der Waals surface area (Å²) in [7, 11) is 0. The maximum absolute atomic E-state index is 8.53. The summed E-state index contributed by atoms with van der Waals surface area (Å²) in [5.41, 5.74) is 4.41. The molecule has 3 aromatic carbocycles. The first kappa shape index (κ1) is 18.8. The molecule has 0 saturated carbocycles. The summed E-state index contributed by atoms with van der Waals surface area (Å²) in [6, 6.07) is 22.6. The predicted molar refractivity (Wildman–Crippen MR) is 139 cm³/mol. The molecule has 0 fully saturated rings. The Morgan fingerprint density at radius 3 is 2.39 bits per heavy atom. The van der Waals surface area contributed by atoms with Gasteiger partial charge in [0.15, 0.2) is 0 Å². The number of rotatable bonds is 5. The Bertz CT molecular complexity index is 1380. The molecule has 31 heavy (non-hydrogen) atoms. The standard InChI is InChI=1S/C29H29NS/c1-20(24-9-7-10-26-25-8-5-6-11-27(25)31-28(24)26)18-23(16-17-30)22-14-12-21(13-15-22)19-29(2,3)4/h5-18,30H,19H2,1-4H3/b20-18+,23-16+,30-17?/i19D2. The normalized spacial score (nSPS) is 14.6. The molecule has 0 amide bonds. The van der Waals surface area contributed by atoms with E-state index in [1.807, 2.05) is 56.4 Å². The summed E-state index contributed by atoms with van der Waals surface area (Å²) in [6.45, 7) is 7.87. The van der Waals surface area contributed by atoms with Crippen LogP contribution < -0.4 is 0 Å². The highest BCUT2D eigenvalue weighted by molar-refractivity contribution is 7.26. The number of hydrogen-bond acceptors (Lipinski definition) is 2. The van der Waals surface area contributed by atoms with Gasteiger partial charge in [-0.05, 0) is 58.7 Å². The highest BCUT2D eigenvalue weighted by Crippen LogP contribution is 2.38. The van der Waals surface area contributed by atoms with Gasteiger partial charge in [0.2, 0.25) is 0 Å². The van der Waals surface area contributed by atoms with E-state index in [0.717, 1.165) is 16.7 Å². The maximum atomic E-state index is 8.53. The van der Waals surface area contributed by atoms with Crippen molar-refractivity contribution in [2.45, 2.75) is 34.1 Å². The van der Waals surface area contributed by atoms with E-state index < -0.39 is 11.8 Å². The lowest BCUT2D eigenvalue weighted by atomic mass is 9.87. The molecule has 0 aliphatic carbocycles. The Morgan fingerprint density at radius 1 is 0.968 bits per heavy atom. The van der Waals surface area contributed by atoms with Crippen LogP contribution in [0.15, 0.2) is 78.9 Å². The third-order valence-electron chi connectivity index (χ3n) is 5.20. The topological polar surface area (TPSA) is 23.9 Å². The number of hydrogen-bond donors (Lipinski definition) is 1. The first-order valence-corrected chi connectivity index (χ1v) is 11.4. The lowest BCUT2D eigenvalue weighted by molar-refractivity contribution is 0.411. The van der Waals surface area contributed by atoms with Gasteiger partial charge < -0.3 is 5.41 Å². The Hall–Kier alpha value is -2.97. The van der Waals surface area contributed by atoms with E-state index >= 15 is 0 Å². The van der Waals surface area contributed by atoms with E-state index in [-0.39, 0.29) is 0 Å². The molecule has 1 nitrogen and oxygen atoms in total. The zero-order valence-electron chi connectivity index (χ0n) is 20.5. The average Bonchev–Trinajstić information content (AvgIpc) is 3.17. The second-order valence-electron chi connectivity index (χ2n) is 8.85. The smallest absolute Gasteiger partial charge is 0.0430 e. The number of allylic oxidation sites excluding steroid dienone is 4. The van der Waals surface area contributed by atoms with Crippen molar-refractivity contribution in [3.8, 4) is 0 Å². The SMILES string of the molecule is [2H]C([2H])(c1ccc(C(=C/C=N)/C=C(\C)c2cccc3c2sc2ccccc23)cc1)C(C)(C)C. The van der Waals surface area contributed by atoms with E-state index in [9.17, 15) is 0 Å². The van der Waals surface area contributed by atoms with Crippen molar-refractivity contribution in [2.24, 2.45) is 5.41 Å². The maximum Gasteiger partial charge on any atom is 0.0430 e. The van der Waals surface area contributed by atoms with Crippen molar-refractivity contribution in [3.05, 3.63) is 95.6 Å². The molecule has 4 aromatic rings. The molecule has 0 radical (unpaired) electrons. The molecule has 0 bridgehead atoms. The zero-order chi connectivity index (χ0) is 23.8. The largest absolute Gasteiger partial charge is 0.309 e. The van der Waals surface area contributed by atoms with Crippen LogP contribution in [0.2, 0.25) is 0 Å². The van der Waals surface area contributed by atoms with Crippen molar-refractivity contribution in [3.63, 3.8) is 0 Å². The second kappa shape index (κ2) is 8.64. The number of thiophene rings is 1. The highest BCUT2D eigenvalue weighted by Gasteiger charge is 2.12. The molecular weight excluding hydrogens is 394 g/mol. The fourth-order valence-corrected chi connectivity index (χ4v) is 5.15. The van der Waals surface area contributed by atoms with Gasteiger partial charge in [0, 0.05) is 29.1 Å². The fraction of sp³-hybridized carbons (Fsp3) is 0.207. The molecular formula is C29H29NS. The van der Waals surface area contributed by atoms with E-state index in [1.54, 1.807) is 6.08 Å². The summed E-state index contributed by atoms with van der Waals surface area (Å²) in [6.07, 6.45) is 3.79. The number of benzene rings is 3. The average molecular weight is 426 g/mol. The Kier molecular flexibility index (Phi) is 5.23. The van der Waals surface area contributed by atoms with Gasteiger partial charge in [-0.2, -0.15) is 0 Å². The van der Waals surface area contributed by atoms with Crippen LogP contribution in [0.25, 0.3) is 31.3 Å². The van der Waals surface area contributed by atoms with Crippen LogP contribution in [-0.2, 0) is 6.37 Å². The molecule has 1 aromatic heterocycles. The van der Waals surface area contributed by atoms with Gasteiger partial charge in [-0.25, -0.2) is 0 Å². The lowest BCUT2D eigenvalue weighted by Gasteiger charge is -2.18. The summed E-state index contributed by atoms with van der Waals surface area (Å²) in [5, 5.41) is 10.2. The monoisotopic (exact) mass is 425 g/mol. The molecule has 1 N–H and O–H groups in total. The van der Waals surface area contributed by atoms with Gasteiger partial charge >= 0.3 is 0 Å². The third kappa shape index (κ3) is 4.70. The third-order valence-corrected chi connectivity index (χ3v) is 6.42. The van der Waals surface area contributed by atoms with Gasteiger partial charge in [-0.1, -0.05) is 87.5 Å². The molecule has 0 aliphatic rings. The number of nitrogens with one attached hydrogen (secondary N) is 1. The van der Waals surface area contributed by atoms with Crippen molar-refractivity contribution < 1.29 is 2.74 Å². The van der Waals surface area contributed by atoms with Crippen molar-refractivity contribution >= 4 is 48.9 Å². The summed E-state index contributed by atoms with van der Waals surface area (Å²) in [4.78, 5) is 0. The minimum absolute atomic E-state index is 0.498. The van der Waals surface area contributed by atoms with Gasteiger partial charge in [0.1, 0.15) is 0 Å². The number of fused-ring (bicyclic) bond motifs is 3. The quantitative estimate of drug-likeness (QED) is 0.244. The minimum atomic E-state index is -1.43. The Labute approximate surface area is 192 Å². The zero-order valence-corrected chi connectivity index (χ0v) is 19.3. The molecule has 0 unspecified atom stereocenters. The summed E-state index contributed by atoms with van der Waals surface area (Å²) in [5.74, 6) is 0. The van der Waals surface area contributed by atoms with E-state index in [0.29, 0.717) is 5.56 Å².